The van der Waals surface area contributed by atoms with Crippen LogP contribution in [0.2, 0.25) is 0 Å². The summed E-state index contributed by atoms with van der Waals surface area (Å²) in [7, 11) is 4.07. The molecule has 0 amide bonds. The lowest BCUT2D eigenvalue weighted by Gasteiger charge is -2.37. The van der Waals surface area contributed by atoms with Crippen molar-refractivity contribution in [2.75, 3.05) is 84.4 Å². The molecule has 0 bridgehead atoms. The Hall–Kier alpha value is -1.13. The second kappa shape index (κ2) is 12.5. The summed E-state index contributed by atoms with van der Waals surface area (Å²) in [6.07, 6.45) is 2.40. The van der Waals surface area contributed by atoms with Gasteiger partial charge in [-0.1, -0.05) is 0 Å². The van der Waals surface area contributed by atoms with E-state index in [0.717, 1.165) is 57.3 Å². The van der Waals surface area contributed by atoms with Crippen molar-refractivity contribution in [2.45, 2.75) is 12.8 Å². The van der Waals surface area contributed by atoms with Gasteiger partial charge in [-0.05, 0) is 63.8 Å². The Labute approximate surface area is 192 Å². The van der Waals surface area contributed by atoms with Crippen LogP contribution in [0.25, 0.3) is 0 Å². The zero-order valence-electron chi connectivity index (χ0n) is 17.8. The molecule has 0 aromatic heterocycles. The van der Waals surface area contributed by atoms with E-state index >= 15 is 0 Å². The zero-order valence-corrected chi connectivity index (χ0v) is 20.1. The number of benzene rings is 1. The molecule has 0 spiro atoms. The Morgan fingerprint density at radius 1 is 1.00 bits per heavy atom. The summed E-state index contributed by atoms with van der Waals surface area (Å²) in [4.78, 5) is 14.1. The molecule has 8 heteroatoms. The van der Waals surface area contributed by atoms with Crippen LogP contribution in [0.15, 0.2) is 29.3 Å². The molecule has 2 heterocycles. The van der Waals surface area contributed by atoms with Crippen LogP contribution < -0.4 is 10.2 Å². The average molecular weight is 518 g/mol. The number of anilines is 1. The van der Waals surface area contributed by atoms with Gasteiger partial charge in [0.2, 0.25) is 0 Å². The van der Waals surface area contributed by atoms with Gasteiger partial charge in [0.05, 0.1) is 0 Å². The molecule has 164 valence electrons. The predicted molar refractivity (Wildman–Crippen MR) is 130 cm³/mol. The van der Waals surface area contributed by atoms with Crippen molar-refractivity contribution in [1.29, 1.82) is 0 Å². The normalized spacial score (nSPS) is 19.6. The summed E-state index contributed by atoms with van der Waals surface area (Å²) < 4.78 is 13.1. The van der Waals surface area contributed by atoms with Gasteiger partial charge in [-0.3, -0.25) is 4.99 Å². The summed E-state index contributed by atoms with van der Waals surface area (Å²) in [6.45, 7) is 10.6. The van der Waals surface area contributed by atoms with Crippen molar-refractivity contribution < 1.29 is 4.39 Å². The highest BCUT2D eigenvalue weighted by molar-refractivity contribution is 14.0. The van der Waals surface area contributed by atoms with Gasteiger partial charge in [-0.2, -0.15) is 0 Å². The number of rotatable bonds is 5. The SMILES string of the molecule is CN=C(NCCCN1CCCN(C)CC1)N1CCN(c2ccc(F)cc2)CC1.I. The zero-order chi connectivity index (χ0) is 19.8. The smallest absolute Gasteiger partial charge is 0.193 e. The third kappa shape index (κ3) is 7.57. The maximum absolute atomic E-state index is 13.1. The second-order valence-electron chi connectivity index (χ2n) is 7.78. The Bertz CT molecular complexity index is 618. The van der Waals surface area contributed by atoms with Crippen LogP contribution in [0.4, 0.5) is 10.1 Å². The van der Waals surface area contributed by atoms with Gasteiger partial charge in [-0.15, -0.1) is 24.0 Å². The maximum atomic E-state index is 13.1. The quantitative estimate of drug-likeness (QED) is 0.280. The van der Waals surface area contributed by atoms with Gasteiger partial charge < -0.3 is 24.9 Å². The van der Waals surface area contributed by atoms with Crippen molar-refractivity contribution in [3.63, 3.8) is 0 Å². The minimum atomic E-state index is -0.181. The highest BCUT2D eigenvalue weighted by Gasteiger charge is 2.20. The Kier molecular flexibility index (Phi) is 10.4. The first-order valence-corrected chi connectivity index (χ1v) is 10.5. The number of nitrogens with one attached hydrogen (secondary N) is 1. The fraction of sp³-hybridized carbons (Fsp3) is 0.667. The Morgan fingerprint density at radius 2 is 1.72 bits per heavy atom. The van der Waals surface area contributed by atoms with Gasteiger partial charge in [-0.25, -0.2) is 4.39 Å². The molecule has 2 aliphatic rings. The minimum Gasteiger partial charge on any atom is -0.368 e. The summed E-state index contributed by atoms with van der Waals surface area (Å²) in [5, 5.41) is 3.54. The van der Waals surface area contributed by atoms with E-state index < -0.39 is 0 Å². The summed E-state index contributed by atoms with van der Waals surface area (Å²) in [5.41, 5.74) is 1.09. The number of hydrogen-bond donors (Lipinski definition) is 1. The molecule has 0 unspecified atom stereocenters. The number of piperazine rings is 1. The van der Waals surface area contributed by atoms with Crippen molar-refractivity contribution in [1.82, 2.24) is 20.0 Å². The minimum absolute atomic E-state index is 0. The third-order valence-electron chi connectivity index (χ3n) is 5.73. The summed E-state index contributed by atoms with van der Waals surface area (Å²) in [5.74, 6) is 0.813. The van der Waals surface area contributed by atoms with Crippen LogP contribution in [0.3, 0.4) is 0 Å². The molecule has 1 aromatic carbocycles. The molecule has 0 radical (unpaired) electrons. The highest BCUT2D eigenvalue weighted by Crippen LogP contribution is 2.17. The predicted octanol–water partition coefficient (Wildman–Crippen LogP) is 2.17. The fourth-order valence-corrected chi connectivity index (χ4v) is 3.99. The fourth-order valence-electron chi connectivity index (χ4n) is 3.99. The molecule has 0 aliphatic carbocycles. The number of aliphatic imine (C=N–C) groups is 1. The standard InChI is InChI=1S/C21H35FN6.HI/c1-23-21(24-9-3-11-26-12-4-10-25(2)13-14-26)28-17-15-27(16-18-28)20-7-5-19(22)6-8-20;/h5-8H,3-4,9-18H2,1-2H3,(H,23,24);1H. The lowest BCUT2D eigenvalue weighted by molar-refractivity contribution is 0.273. The third-order valence-corrected chi connectivity index (χ3v) is 5.73. The van der Waals surface area contributed by atoms with E-state index in [4.69, 9.17) is 0 Å². The summed E-state index contributed by atoms with van der Waals surface area (Å²) in [6, 6.07) is 6.78. The number of hydrogen-bond acceptors (Lipinski definition) is 4. The summed E-state index contributed by atoms with van der Waals surface area (Å²) >= 11 is 0. The average Bonchev–Trinajstić information content (AvgIpc) is 2.93. The topological polar surface area (TPSA) is 37.4 Å². The van der Waals surface area contributed by atoms with E-state index in [9.17, 15) is 4.39 Å². The van der Waals surface area contributed by atoms with Crippen LogP contribution in [0, 0.1) is 5.82 Å². The van der Waals surface area contributed by atoms with Crippen LogP contribution >= 0.6 is 24.0 Å². The molecule has 2 saturated heterocycles. The maximum Gasteiger partial charge on any atom is 0.193 e. The second-order valence-corrected chi connectivity index (χ2v) is 7.78. The first kappa shape index (κ1) is 24.1. The van der Waals surface area contributed by atoms with Gasteiger partial charge in [0.25, 0.3) is 0 Å². The monoisotopic (exact) mass is 518 g/mol. The molecular formula is C21H36FIN6. The van der Waals surface area contributed by atoms with E-state index in [1.807, 2.05) is 19.2 Å². The number of guanidine groups is 1. The molecule has 6 nitrogen and oxygen atoms in total. The van der Waals surface area contributed by atoms with E-state index in [1.165, 1.54) is 44.7 Å². The van der Waals surface area contributed by atoms with Crippen LogP contribution in [0.5, 0.6) is 0 Å². The lowest BCUT2D eigenvalue weighted by atomic mass is 10.2. The molecule has 1 N–H and O–H groups in total. The molecule has 2 aliphatic heterocycles. The van der Waals surface area contributed by atoms with Crippen molar-refractivity contribution in [3.8, 4) is 0 Å². The van der Waals surface area contributed by atoms with Crippen molar-refractivity contribution >= 4 is 35.6 Å². The van der Waals surface area contributed by atoms with E-state index in [-0.39, 0.29) is 29.8 Å². The molecule has 1 aromatic rings. The molecular weight excluding hydrogens is 482 g/mol. The van der Waals surface area contributed by atoms with Crippen molar-refractivity contribution in [2.24, 2.45) is 4.99 Å². The largest absolute Gasteiger partial charge is 0.368 e. The molecule has 29 heavy (non-hydrogen) atoms. The molecule has 3 rings (SSSR count). The Balaban J connectivity index is 0.00000300. The number of halogens is 2. The van der Waals surface area contributed by atoms with Crippen LogP contribution in [-0.4, -0.2) is 100 Å². The lowest BCUT2D eigenvalue weighted by Crippen LogP contribution is -2.52. The molecule has 0 saturated carbocycles. The van der Waals surface area contributed by atoms with Gasteiger partial charge >= 0.3 is 0 Å². The number of likely N-dealkylation sites (N-methyl/N-ethyl adjacent to an activating group) is 1. The Morgan fingerprint density at radius 3 is 2.41 bits per heavy atom. The van der Waals surface area contributed by atoms with Gasteiger partial charge in [0.15, 0.2) is 5.96 Å². The first-order valence-electron chi connectivity index (χ1n) is 10.5. The van der Waals surface area contributed by atoms with Gasteiger partial charge in [0.1, 0.15) is 5.82 Å². The van der Waals surface area contributed by atoms with Crippen LogP contribution in [0.1, 0.15) is 12.8 Å². The highest BCUT2D eigenvalue weighted by atomic mass is 127. The molecule has 0 atom stereocenters. The van der Waals surface area contributed by atoms with E-state index in [2.05, 4.69) is 37.0 Å². The van der Waals surface area contributed by atoms with E-state index in [0.29, 0.717) is 0 Å². The van der Waals surface area contributed by atoms with Gasteiger partial charge in [0, 0.05) is 58.5 Å². The van der Waals surface area contributed by atoms with Crippen molar-refractivity contribution in [3.05, 3.63) is 30.1 Å². The first-order chi connectivity index (χ1) is 13.7. The van der Waals surface area contributed by atoms with Crippen LogP contribution in [-0.2, 0) is 0 Å². The molecule has 2 fully saturated rings. The van der Waals surface area contributed by atoms with E-state index in [1.54, 1.807) is 0 Å². The number of nitrogens with zero attached hydrogens (tertiary/aromatic N) is 5.